The normalized spacial score (nSPS) is 11.3. The van der Waals surface area contributed by atoms with Crippen molar-refractivity contribution in [2.75, 3.05) is 34.9 Å². The summed E-state index contributed by atoms with van der Waals surface area (Å²) < 4.78 is 18.9. The number of para-hydroxylation sites is 1. The highest BCUT2D eigenvalue weighted by atomic mass is 32.1. The summed E-state index contributed by atoms with van der Waals surface area (Å²) in [6.45, 7) is 2.68. The van der Waals surface area contributed by atoms with Gasteiger partial charge < -0.3 is 19.1 Å². The van der Waals surface area contributed by atoms with Gasteiger partial charge in [0.15, 0.2) is 11.5 Å². The maximum atomic E-state index is 12.7. The fraction of sp³-hybridized carbons (Fsp3) is 0.458. The van der Waals surface area contributed by atoms with Crippen LogP contribution >= 0.6 is 11.5 Å². The van der Waals surface area contributed by atoms with Crippen molar-refractivity contribution >= 4 is 21.6 Å². The lowest BCUT2D eigenvalue weighted by atomic mass is 10.1. The molecule has 0 aliphatic carbocycles. The van der Waals surface area contributed by atoms with E-state index in [0.717, 1.165) is 55.8 Å². The molecule has 0 aliphatic heterocycles. The lowest BCUT2D eigenvalue weighted by molar-refractivity contribution is 0.308. The molecule has 0 unspecified atom stereocenters. The molecule has 168 valence electrons. The number of hydrogen-bond acceptors (Lipinski definition) is 6. The van der Waals surface area contributed by atoms with E-state index < -0.39 is 0 Å². The molecule has 0 N–H and O–H groups in total. The van der Waals surface area contributed by atoms with Crippen LogP contribution in [0.2, 0.25) is 0 Å². The molecule has 1 aromatic heterocycles. The van der Waals surface area contributed by atoms with E-state index in [1.165, 1.54) is 17.1 Å². The molecule has 0 saturated carbocycles. The molecule has 0 amide bonds. The zero-order chi connectivity index (χ0) is 22.2. The fourth-order valence-electron chi connectivity index (χ4n) is 3.74. The van der Waals surface area contributed by atoms with Crippen molar-refractivity contribution in [2.45, 2.75) is 38.8 Å². The summed E-state index contributed by atoms with van der Waals surface area (Å²) in [5, 5.41) is 0.695. The molecule has 0 atom stereocenters. The van der Waals surface area contributed by atoms with Gasteiger partial charge in [-0.15, -0.1) is 0 Å². The van der Waals surface area contributed by atoms with E-state index in [2.05, 4.69) is 18.0 Å². The lowest BCUT2D eigenvalue weighted by Crippen LogP contribution is -2.19. The highest BCUT2D eigenvalue weighted by Gasteiger charge is 2.13. The van der Waals surface area contributed by atoms with Crippen LogP contribution in [0.5, 0.6) is 17.2 Å². The van der Waals surface area contributed by atoms with Gasteiger partial charge in [-0.1, -0.05) is 42.6 Å². The molecule has 0 saturated heterocycles. The molecule has 31 heavy (non-hydrogen) atoms. The van der Waals surface area contributed by atoms with Crippen molar-refractivity contribution in [3.05, 3.63) is 52.3 Å². The first-order valence-electron chi connectivity index (χ1n) is 10.6. The Kier molecular flexibility index (Phi) is 8.37. The first kappa shape index (κ1) is 23.2. The molecule has 7 heteroatoms. The minimum absolute atomic E-state index is 0.0532. The summed E-state index contributed by atoms with van der Waals surface area (Å²) in [6.07, 6.45) is 4.39. The van der Waals surface area contributed by atoms with Crippen LogP contribution in [0.4, 0.5) is 0 Å². The van der Waals surface area contributed by atoms with E-state index >= 15 is 0 Å². The number of ether oxygens (including phenoxy) is 3. The van der Waals surface area contributed by atoms with Crippen molar-refractivity contribution in [1.29, 1.82) is 0 Å². The third kappa shape index (κ3) is 5.80. The monoisotopic (exact) mass is 444 g/mol. The second-order valence-corrected chi connectivity index (χ2v) is 8.73. The topological polar surface area (TPSA) is 52.9 Å². The standard InChI is InChI=1S/C24H32N2O4S/c1-25(17-18-11-7-8-12-20(18)28-2)13-9-5-6-10-14-26-24(27)19-15-21(29-3)22(30-4)16-23(19)31-26/h7-8,11-12,15-16H,5-6,9-10,13-14,17H2,1-4H3. The van der Waals surface area contributed by atoms with Crippen LogP contribution < -0.4 is 19.8 Å². The molecule has 1 heterocycles. The third-order valence-electron chi connectivity index (χ3n) is 5.44. The Hall–Kier alpha value is -2.51. The van der Waals surface area contributed by atoms with Gasteiger partial charge in [0.05, 0.1) is 31.4 Å². The minimum Gasteiger partial charge on any atom is -0.496 e. The Morgan fingerprint density at radius 2 is 1.58 bits per heavy atom. The number of rotatable bonds is 12. The molecule has 0 radical (unpaired) electrons. The molecule has 6 nitrogen and oxygen atoms in total. The van der Waals surface area contributed by atoms with Gasteiger partial charge >= 0.3 is 0 Å². The zero-order valence-corrected chi connectivity index (χ0v) is 19.7. The van der Waals surface area contributed by atoms with Crippen LogP contribution in [0.3, 0.4) is 0 Å². The molecule has 0 spiro atoms. The summed E-state index contributed by atoms with van der Waals surface area (Å²) in [4.78, 5) is 15.0. The Morgan fingerprint density at radius 1 is 0.903 bits per heavy atom. The van der Waals surface area contributed by atoms with Crippen molar-refractivity contribution in [3.8, 4) is 17.2 Å². The smallest absolute Gasteiger partial charge is 0.268 e. The highest BCUT2D eigenvalue weighted by molar-refractivity contribution is 7.13. The van der Waals surface area contributed by atoms with E-state index in [0.29, 0.717) is 16.9 Å². The second-order valence-electron chi connectivity index (χ2n) is 7.67. The summed E-state index contributed by atoms with van der Waals surface area (Å²) in [6, 6.07) is 11.8. The quantitative estimate of drug-likeness (QED) is 0.376. The van der Waals surface area contributed by atoms with Crippen LogP contribution in [0.15, 0.2) is 41.2 Å². The van der Waals surface area contributed by atoms with Crippen molar-refractivity contribution in [2.24, 2.45) is 0 Å². The SMILES string of the molecule is COc1ccccc1CN(C)CCCCCCn1sc2cc(OC)c(OC)cc2c1=O. The maximum absolute atomic E-state index is 12.7. The van der Waals surface area contributed by atoms with Gasteiger partial charge in [0, 0.05) is 24.7 Å². The lowest BCUT2D eigenvalue weighted by Gasteiger charge is -2.18. The van der Waals surface area contributed by atoms with E-state index in [4.69, 9.17) is 14.2 Å². The van der Waals surface area contributed by atoms with Gasteiger partial charge in [0.2, 0.25) is 0 Å². The van der Waals surface area contributed by atoms with Gasteiger partial charge in [-0.25, -0.2) is 0 Å². The molecule has 2 aromatic carbocycles. The first-order valence-corrected chi connectivity index (χ1v) is 11.4. The van der Waals surface area contributed by atoms with Gasteiger partial charge in [-0.05, 0) is 38.6 Å². The van der Waals surface area contributed by atoms with Crippen LogP contribution in [-0.4, -0.2) is 43.8 Å². The highest BCUT2D eigenvalue weighted by Crippen LogP contribution is 2.32. The Morgan fingerprint density at radius 3 is 2.32 bits per heavy atom. The molecular formula is C24H32N2O4S. The third-order valence-corrected chi connectivity index (χ3v) is 6.54. The Bertz CT molecular complexity index is 1040. The average Bonchev–Trinajstić information content (AvgIpc) is 3.09. The summed E-state index contributed by atoms with van der Waals surface area (Å²) in [7, 11) is 7.05. The maximum Gasteiger partial charge on any atom is 0.268 e. The molecule has 3 rings (SSSR count). The second kappa shape index (κ2) is 11.2. The number of unbranched alkanes of at least 4 members (excludes halogenated alkanes) is 3. The Labute approximate surface area is 188 Å². The number of benzene rings is 2. The van der Waals surface area contributed by atoms with Crippen LogP contribution in [-0.2, 0) is 13.1 Å². The van der Waals surface area contributed by atoms with E-state index in [1.807, 2.05) is 28.2 Å². The van der Waals surface area contributed by atoms with E-state index in [1.54, 1.807) is 27.4 Å². The molecular weight excluding hydrogens is 412 g/mol. The molecule has 0 aliphatic rings. The Balaban J connectivity index is 1.44. The van der Waals surface area contributed by atoms with Crippen molar-refractivity contribution < 1.29 is 14.2 Å². The van der Waals surface area contributed by atoms with Gasteiger partial charge in [-0.2, -0.15) is 0 Å². The summed E-state index contributed by atoms with van der Waals surface area (Å²) in [5.41, 5.74) is 1.27. The number of methoxy groups -OCH3 is 3. The first-order chi connectivity index (χ1) is 15.1. The number of aromatic nitrogens is 1. The zero-order valence-electron chi connectivity index (χ0n) is 18.8. The van der Waals surface area contributed by atoms with Gasteiger partial charge in [0.25, 0.3) is 5.56 Å². The average molecular weight is 445 g/mol. The van der Waals surface area contributed by atoms with Crippen LogP contribution in [0.25, 0.3) is 10.1 Å². The number of nitrogens with zero attached hydrogens (tertiary/aromatic N) is 2. The molecule has 0 bridgehead atoms. The number of fused-ring (bicyclic) bond motifs is 1. The van der Waals surface area contributed by atoms with E-state index in [9.17, 15) is 4.79 Å². The van der Waals surface area contributed by atoms with Crippen LogP contribution in [0, 0.1) is 0 Å². The van der Waals surface area contributed by atoms with Crippen molar-refractivity contribution in [1.82, 2.24) is 8.86 Å². The summed E-state index contributed by atoms with van der Waals surface area (Å²) in [5.74, 6) is 2.19. The van der Waals surface area contributed by atoms with Gasteiger partial charge in [0.1, 0.15) is 5.75 Å². The largest absolute Gasteiger partial charge is 0.496 e. The van der Waals surface area contributed by atoms with Crippen molar-refractivity contribution in [3.63, 3.8) is 0 Å². The van der Waals surface area contributed by atoms with Gasteiger partial charge in [-0.3, -0.25) is 8.75 Å². The predicted octanol–water partition coefficient (Wildman–Crippen LogP) is 4.78. The summed E-state index contributed by atoms with van der Waals surface area (Å²) >= 11 is 1.49. The predicted molar refractivity (Wildman–Crippen MR) is 127 cm³/mol. The fourth-order valence-corrected chi connectivity index (χ4v) is 4.78. The minimum atomic E-state index is 0.0532. The molecule has 0 fully saturated rings. The number of hydrogen-bond donors (Lipinski definition) is 0. The number of aryl methyl sites for hydroxylation is 1. The molecule has 3 aromatic rings. The van der Waals surface area contributed by atoms with Crippen LogP contribution in [0.1, 0.15) is 31.2 Å². The van der Waals surface area contributed by atoms with E-state index in [-0.39, 0.29) is 5.56 Å².